The molecular formula is C19H21N3O7S. The number of carbonyl (C=O) groups is 1. The summed E-state index contributed by atoms with van der Waals surface area (Å²) >= 11 is 0. The number of rotatable bonds is 6. The van der Waals surface area contributed by atoms with Crippen LogP contribution in [0.3, 0.4) is 0 Å². The lowest BCUT2D eigenvalue weighted by Gasteiger charge is -2.34. The second kappa shape index (κ2) is 8.67. The average Bonchev–Trinajstić information content (AvgIpc) is 2.78. The number of hydrogen-bond acceptors (Lipinski definition) is 7. The van der Waals surface area contributed by atoms with Crippen LogP contribution in [0.1, 0.15) is 10.4 Å². The Morgan fingerprint density at radius 3 is 2.33 bits per heavy atom. The number of ether oxygens (including phenoxy) is 2. The van der Waals surface area contributed by atoms with E-state index in [0.717, 1.165) is 6.07 Å². The lowest BCUT2D eigenvalue weighted by Crippen LogP contribution is -2.50. The molecule has 1 saturated heterocycles. The van der Waals surface area contributed by atoms with Gasteiger partial charge < -0.3 is 14.4 Å². The van der Waals surface area contributed by atoms with Crippen LogP contribution >= 0.6 is 0 Å². The molecule has 0 atom stereocenters. The van der Waals surface area contributed by atoms with Gasteiger partial charge in [0.25, 0.3) is 11.6 Å². The summed E-state index contributed by atoms with van der Waals surface area (Å²) < 4.78 is 37.4. The second-order valence-electron chi connectivity index (χ2n) is 6.52. The van der Waals surface area contributed by atoms with Gasteiger partial charge in [-0.1, -0.05) is 6.07 Å². The smallest absolute Gasteiger partial charge is 0.270 e. The maximum atomic E-state index is 12.9. The van der Waals surface area contributed by atoms with Crippen LogP contribution in [0.15, 0.2) is 47.4 Å². The molecule has 160 valence electrons. The topological polar surface area (TPSA) is 119 Å². The highest BCUT2D eigenvalue weighted by molar-refractivity contribution is 7.89. The van der Waals surface area contributed by atoms with Gasteiger partial charge in [0, 0.05) is 38.3 Å². The molecule has 0 saturated carbocycles. The Kier molecular flexibility index (Phi) is 6.22. The number of nitrogens with zero attached hydrogens (tertiary/aromatic N) is 3. The summed E-state index contributed by atoms with van der Waals surface area (Å²) in [7, 11) is -0.955. The van der Waals surface area contributed by atoms with Gasteiger partial charge in [0.1, 0.15) is 11.5 Å². The number of benzene rings is 2. The van der Waals surface area contributed by atoms with Crippen molar-refractivity contribution in [1.82, 2.24) is 9.21 Å². The van der Waals surface area contributed by atoms with Crippen molar-refractivity contribution < 1.29 is 27.6 Å². The Labute approximate surface area is 173 Å². The van der Waals surface area contributed by atoms with Gasteiger partial charge in [-0.3, -0.25) is 14.9 Å². The summed E-state index contributed by atoms with van der Waals surface area (Å²) in [5.74, 6) is 0.608. The van der Waals surface area contributed by atoms with Gasteiger partial charge in [0.05, 0.1) is 29.6 Å². The highest BCUT2D eigenvalue weighted by atomic mass is 32.2. The van der Waals surface area contributed by atoms with Crippen molar-refractivity contribution in [3.63, 3.8) is 0 Å². The third kappa shape index (κ3) is 4.21. The molecule has 1 aliphatic heterocycles. The summed E-state index contributed by atoms with van der Waals surface area (Å²) in [5, 5.41) is 10.9. The van der Waals surface area contributed by atoms with Crippen LogP contribution in [0.2, 0.25) is 0 Å². The Hall–Kier alpha value is -3.18. The van der Waals surface area contributed by atoms with E-state index in [1.807, 2.05) is 0 Å². The van der Waals surface area contributed by atoms with Gasteiger partial charge in [0.2, 0.25) is 10.0 Å². The van der Waals surface area contributed by atoms with Crippen LogP contribution in [0.4, 0.5) is 5.69 Å². The van der Waals surface area contributed by atoms with Crippen LogP contribution in [0.5, 0.6) is 11.5 Å². The van der Waals surface area contributed by atoms with Gasteiger partial charge >= 0.3 is 0 Å². The van der Waals surface area contributed by atoms with Crippen LogP contribution in [-0.4, -0.2) is 68.9 Å². The number of amides is 1. The fourth-order valence-corrected chi connectivity index (χ4v) is 4.65. The minimum atomic E-state index is -3.91. The lowest BCUT2D eigenvalue weighted by atomic mass is 10.1. The molecule has 0 bridgehead atoms. The molecule has 0 radical (unpaired) electrons. The molecule has 1 amide bonds. The minimum absolute atomic E-state index is 0.0725. The Morgan fingerprint density at radius 1 is 1.03 bits per heavy atom. The standard InChI is InChI=1S/C19H21N3O7S/c1-28-15-6-7-18(29-2)17(13-15)19(23)20-8-10-21(11-9-20)30(26,27)16-5-3-4-14(12-16)22(24)25/h3-7,12-13H,8-11H2,1-2H3. The number of hydrogen-bond donors (Lipinski definition) is 0. The van der Waals surface area contributed by atoms with Crippen LogP contribution in [-0.2, 0) is 10.0 Å². The fraction of sp³-hybridized carbons (Fsp3) is 0.316. The van der Waals surface area contributed by atoms with Crippen molar-refractivity contribution in [2.75, 3.05) is 40.4 Å². The predicted octanol–water partition coefficient (Wildman–Crippen LogP) is 1.76. The lowest BCUT2D eigenvalue weighted by molar-refractivity contribution is -0.385. The molecule has 2 aromatic carbocycles. The molecule has 0 unspecified atom stereocenters. The van der Waals surface area contributed by atoms with Crippen molar-refractivity contribution >= 4 is 21.6 Å². The van der Waals surface area contributed by atoms with E-state index in [2.05, 4.69) is 0 Å². The van der Waals surface area contributed by atoms with E-state index < -0.39 is 14.9 Å². The maximum Gasteiger partial charge on any atom is 0.270 e. The zero-order chi connectivity index (χ0) is 21.9. The highest BCUT2D eigenvalue weighted by Crippen LogP contribution is 2.27. The molecule has 1 fully saturated rings. The SMILES string of the molecule is COc1ccc(OC)c(C(=O)N2CCN(S(=O)(=O)c3cccc([N+](=O)[O-])c3)CC2)c1. The number of nitro groups is 1. The summed E-state index contributed by atoms with van der Waals surface area (Å²) in [4.78, 5) is 24.6. The third-order valence-corrected chi connectivity index (χ3v) is 6.72. The highest BCUT2D eigenvalue weighted by Gasteiger charge is 2.32. The first-order valence-corrected chi connectivity index (χ1v) is 10.5. The Balaban J connectivity index is 1.75. The molecule has 2 aromatic rings. The molecule has 0 aliphatic carbocycles. The number of methoxy groups -OCH3 is 2. The van der Waals surface area contributed by atoms with E-state index in [1.165, 1.54) is 41.6 Å². The van der Waals surface area contributed by atoms with Gasteiger partial charge in [-0.15, -0.1) is 0 Å². The second-order valence-corrected chi connectivity index (χ2v) is 8.45. The van der Waals surface area contributed by atoms with Crippen LogP contribution < -0.4 is 9.47 Å². The number of non-ortho nitro benzene ring substituents is 1. The molecular weight excluding hydrogens is 414 g/mol. The number of piperazine rings is 1. The molecule has 0 aromatic heterocycles. The van der Waals surface area contributed by atoms with Crippen molar-refractivity contribution in [1.29, 1.82) is 0 Å². The first-order valence-electron chi connectivity index (χ1n) is 9.04. The summed E-state index contributed by atoms with van der Waals surface area (Å²) in [6, 6.07) is 9.81. The summed E-state index contributed by atoms with van der Waals surface area (Å²) in [6.45, 7) is 0.493. The van der Waals surface area contributed by atoms with Crippen molar-refractivity contribution in [2.24, 2.45) is 0 Å². The maximum absolute atomic E-state index is 12.9. The van der Waals surface area contributed by atoms with Crippen molar-refractivity contribution in [2.45, 2.75) is 4.90 Å². The monoisotopic (exact) mass is 435 g/mol. The van der Waals surface area contributed by atoms with Crippen LogP contribution in [0.25, 0.3) is 0 Å². The number of nitro benzene ring substituents is 1. The number of sulfonamides is 1. The molecule has 1 heterocycles. The largest absolute Gasteiger partial charge is 0.497 e. The Morgan fingerprint density at radius 2 is 1.73 bits per heavy atom. The normalized spacial score (nSPS) is 14.9. The molecule has 0 spiro atoms. The quantitative estimate of drug-likeness (QED) is 0.501. The molecule has 1 aliphatic rings. The summed E-state index contributed by atoms with van der Waals surface area (Å²) in [5.41, 5.74) is 0.0295. The van der Waals surface area contributed by atoms with Gasteiger partial charge in [-0.05, 0) is 24.3 Å². The van der Waals surface area contributed by atoms with Gasteiger partial charge in [0.15, 0.2) is 0 Å². The molecule has 10 nitrogen and oxygen atoms in total. The van der Waals surface area contributed by atoms with E-state index in [-0.39, 0.29) is 42.7 Å². The first kappa shape index (κ1) is 21.5. The minimum Gasteiger partial charge on any atom is -0.497 e. The molecule has 30 heavy (non-hydrogen) atoms. The molecule has 3 rings (SSSR count). The fourth-order valence-electron chi connectivity index (χ4n) is 3.19. The molecule has 0 N–H and O–H groups in total. The van der Waals surface area contributed by atoms with Gasteiger partial charge in [-0.2, -0.15) is 4.31 Å². The van der Waals surface area contributed by atoms with Crippen molar-refractivity contribution in [3.05, 3.63) is 58.1 Å². The third-order valence-electron chi connectivity index (χ3n) is 4.83. The zero-order valence-electron chi connectivity index (χ0n) is 16.5. The van der Waals surface area contributed by atoms with E-state index in [0.29, 0.717) is 17.1 Å². The number of carbonyl (C=O) groups excluding carboxylic acids is 1. The van der Waals surface area contributed by atoms with Gasteiger partial charge in [-0.25, -0.2) is 8.42 Å². The van der Waals surface area contributed by atoms with E-state index in [1.54, 1.807) is 18.2 Å². The summed E-state index contributed by atoms with van der Waals surface area (Å²) in [6.07, 6.45) is 0. The van der Waals surface area contributed by atoms with Crippen molar-refractivity contribution in [3.8, 4) is 11.5 Å². The first-order chi connectivity index (χ1) is 14.3. The van der Waals surface area contributed by atoms with E-state index in [4.69, 9.17) is 9.47 Å². The molecule has 11 heteroatoms. The van der Waals surface area contributed by atoms with Crippen LogP contribution in [0, 0.1) is 10.1 Å². The Bertz CT molecular complexity index is 1060. The average molecular weight is 435 g/mol. The zero-order valence-corrected chi connectivity index (χ0v) is 17.3. The predicted molar refractivity (Wildman–Crippen MR) is 107 cm³/mol. The van der Waals surface area contributed by atoms with E-state index in [9.17, 15) is 23.3 Å². The van der Waals surface area contributed by atoms with E-state index >= 15 is 0 Å².